The third-order valence-corrected chi connectivity index (χ3v) is 3.56. The zero-order valence-electron chi connectivity index (χ0n) is 12.0. The molecule has 0 bridgehead atoms. The SMILES string of the molecule is Nc1ccc(CN(Cc2cc(Cl)cc(Cl)c2)C(=O)C(=O)O)cc1. The highest BCUT2D eigenvalue weighted by molar-refractivity contribution is 6.34. The summed E-state index contributed by atoms with van der Waals surface area (Å²) in [5.74, 6) is -2.52. The molecule has 0 radical (unpaired) electrons. The van der Waals surface area contributed by atoms with Gasteiger partial charge in [-0.3, -0.25) is 4.79 Å². The first kappa shape index (κ1) is 17.1. The van der Waals surface area contributed by atoms with Gasteiger partial charge in [-0.15, -0.1) is 0 Å². The minimum absolute atomic E-state index is 0.0792. The first-order chi connectivity index (χ1) is 10.8. The molecule has 2 aromatic rings. The molecule has 0 spiro atoms. The number of carbonyl (C=O) groups excluding carboxylic acids is 1. The van der Waals surface area contributed by atoms with Gasteiger partial charge in [-0.25, -0.2) is 4.79 Å². The Labute approximate surface area is 143 Å². The molecule has 0 atom stereocenters. The lowest BCUT2D eigenvalue weighted by molar-refractivity contribution is -0.156. The lowest BCUT2D eigenvalue weighted by atomic mass is 10.1. The van der Waals surface area contributed by atoms with E-state index in [0.717, 1.165) is 5.56 Å². The van der Waals surface area contributed by atoms with Crippen molar-refractivity contribution in [3.8, 4) is 0 Å². The van der Waals surface area contributed by atoms with Gasteiger partial charge < -0.3 is 15.7 Å². The molecule has 0 saturated heterocycles. The molecule has 0 heterocycles. The fourth-order valence-corrected chi connectivity index (χ4v) is 2.67. The van der Waals surface area contributed by atoms with Crippen LogP contribution >= 0.6 is 23.2 Å². The zero-order valence-corrected chi connectivity index (χ0v) is 13.5. The van der Waals surface area contributed by atoms with E-state index in [1.165, 1.54) is 4.90 Å². The summed E-state index contributed by atoms with van der Waals surface area (Å²) in [6.07, 6.45) is 0. The number of hydrogen-bond acceptors (Lipinski definition) is 3. The number of nitrogen functional groups attached to an aromatic ring is 1. The summed E-state index contributed by atoms with van der Waals surface area (Å²) in [5.41, 5.74) is 7.62. The standard InChI is InChI=1S/C16H14Cl2N2O3/c17-12-5-11(6-13(18)7-12)9-20(15(21)16(22)23)8-10-1-3-14(19)4-2-10/h1-7H,8-9,19H2,(H,22,23). The number of carbonyl (C=O) groups is 2. The molecule has 5 nitrogen and oxygen atoms in total. The number of nitrogens with zero attached hydrogens (tertiary/aromatic N) is 1. The van der Waals surface area contributed by atoms with Crippen molar-refractivity contribution in [2.75, 3.05) is 5.73 Å². The summed E-state index contributed by atoms with van der Waals surface area (Å²) < 4.78 is 0. The van der Waals surface area contributed by atoms with E-state index in [0.29, 0.717) is 21.3 Å². The maximum Gasteiger partial charge on any atom is 0.394 e. The molecule has 0 aliphatic carbocycles. The van der Waals surface area contributed by atoms with Crippen LogP contribution in [0.1, 0.15) is 11.1 Å². The zero-order chi connectivity index (χ0) is 17.0. The summed E-state index contributed by atoms with van der Waals surface area (Å²) in [7, 11) is 0. The third-order valence-electron chi connectivity index (χ3n) is 3.12. The molecular weight excluding hydrogens is 339 g/mol. The second-order valence-corrected chi connectivity index (χ2v) is 5.86. The number of anilines is 1. The molecule has 0 aromatic heterocycles. The van der Waals surface area contributed by atoms with Gasteiger partial charge in [0, 0.05) is 28.8 Å². The second kappa shape index (κ2) is 7.35. The minimum atomic E-state index is -1.52. The van der Waals surface area contributed by atoms with Gasteiger partial charge >= 0.3 is 11.9 Å². The number of hydrogen-bond donors (Lipinski definition) is 2. The molecule has 1 amide bonds. The van der Waals surface area contributed by atoms with Crippen LogP contribution in [-0.2, 0) is 22.7 Å². The van der Waals surface area contributed by atoms with Gasteiger partial charge in [0.15, 0.2) is 0 Å². The van der Waals surface area contributed by atoms with Gasteiger partial charge in [0.2, 0.25) is 0 Å². The van der Waals surface area contributed by atoms with Crippen molar-refractivity contribution >= 4 is 40.8 Å². The first-order valence-corrected chi connectivity index (χ1v) is 7.42. The van der Waals surface area contributed by atoms with Crippen molar-refractivity contribution in [2.45, 2.75) is 13.1 Å². The van der Waals surface area contributed by atoms with Gasteiger partial charge in [0.1, 0.15) is 0 Å². The smallest absolute Gasteiger partial charge is 0.394 e. The van der Waals surface area contributed by atoms with E-state index in [-0.39, 0.29) is 13.1 Å². The fraction of sp³-hybridized carbons (Fsp3) is 0.125. The Balaban J connectivity index is 2.25. The first-order valence-electron chi connectivity index (χ1n) is 6.67. The summed E-state index contributed by atoms with van der Waals surface area (Å²) in [4.78, 5) is 24.2. The summed E-state index contributed by atoms with van der Waals surface area (Å²) in [6, 6.07) is 11.7. The molecule has 0 saturated carbocycles. The van der Waals surface area contributed by atoms with Crippen molar-refractivity contribution in [1.29, 1.82) is 0 Å². The summed E-state index contributed by atoms with van der Waals surface area (Å²) >= 11 is 11.9. The van der Waals surface area contributed by atoms with Crippen molar-refractivity contribution in [2.24, 2.45) is 0 Å². The number of nitrogens with two attached hydrogens (primary N) is 1. The number of benzene rings is 2. The number of carboxylic acid groups (broad SMARTS) is 1. The normalized spacial score (nSPS) is 10.3. The molecule has 3 N–H and O–H groups in total. The summed E-state index contributed by atoms with van der Waals surface area (Å²) in [6.45, 7) is 0.214. The monoisotopic (exact) mass is 352 g/mol. The third kappa shape index (κ3) is 4.87. The largest absolute Gasteiger partial charge is 0.474 e. The molecule has 7 heteroatoms. The Morgan fingerprint density at radius 2 is 1.48 bits per heavy atom. The molecule has 2 aromatic carbocycles. The molecule has 0 aliphatic heterocycles. The van der Waals surface area contributed by atoms with E-state index in [1.54, 1.807) is 42.5 Å². The van der Waals surface area contributed by atoms with Gasteiger partial charge in [0.05, 0.1) is 0 Å². The van der Waals surface area contributed by atoms with E-state index in [9.17, 15) is 9.59 Å². The van der Waals surface area contributed by atoms with E-state index in [2.05, 4.69) is 0 Å². The quantitative estimate of drug-likeness (QED) is 0.653. The van der Waals surface area contributed by atoms with Crippen LogP contribution < -0.4 is 5.73 Å². The molecule has 0 fully saturated rings. The van der Waals surface area contributed by atoms with Crippen LogP contribution in [-0.4, -0.2) is 21.9 Å². The van der Waals surface area contributed by atoms with Gasteiger partial charge in [-0.2, -0.15) is 0 Å². The van der Waals surface area contributed by atoms with Crippen molar-refractivity contribution in [1.82, 2.24) is 4.90 Å². The predicted octanol–water partition coefficient (Wildman–Crippen LogP) is 3.19. The van der Waals surface area contributed by atoms with Crippen LogP contribution in [0.2, 0.25) is 10.0 Å². The molecular formula is C16H14Cl2N2O3. The second-order valence-electron chi connectivity index (χ2n) is 4.99. The van der Waals surface area contributed by atoms with E-state index in [1.807, 2.05) is 0 Å². The maximum atomic E-state index is 11.9. The van der Waals surface area contributed by atoms with Crippen molar-refractivity contribution in [3.63, 3.8) is 0 Å². The topological polar surface area (TPSA) is 83.6 Å². The van der Waals surface area contributed by atoms with Gasteiger partial charge in [-0.05, 0) is 41.5 Å². The lowest BCUT2D eigenvalue weighted by Gasteiger charge is -2.21. The van der Waals surface area contributed by atoms with Crippen LogP contribution in [0, 0.1) is 0 Å². The lowest BCUT2D eigenvalue weighted by Crippen LogP contribution is -2.35. The maximum absolute atomic E-state index is 11.9. The highest BCUT2D eigenvalue weighted by Crippen LogP contribution is 2.21. The van der Waals surface area contributed by atoms with E-state index < -0.39 is 11.9 Å². The van der Waals surface area contributed by atoms with Crippen molar-refractivity contribution < 1.29 is 14.7 Å². The molecule has 2 rings (SSSR count). The Kier molecular flexibility index (Phi) is 5.47. The number of aliphatic carboxylic acids is 1. The van der Waals surface area contributed by atoms with Crippen LogP contribution in [0.5, 0.6) is 0 Å². The fourth-order valence-electron chi connectivity index (χ4n) is 2.10. The average Bonchev–Trinajstić information content (AvgIpc) is 2.47. The van der Waals surface area contributed by atoms with Crippen LogP contribution in [0.3, 0.4) is 0 Å². The van der Waals surface area contributed by atoms with E-state index in [4.69, 9.17) is 34.0 Å². The number of rotatable bonds is 4. The van der Waals surface area contributed by atoms with Crippen molar-refractivity contribution in [3.05, 3.63) is 63.6 Å². The molecule has 120 valence electrons. The van der Waals surface area contributed by atoms with Gasteiger partial charge in [0.25, 0.3) is 0 Å². The Hall–Kier alpha value is -2.24. The summed E-state index contributed by atoms with van der Waals surface area (Å²) in [5, 5.41) is 9.84. The Bertz CT molecular complexity index is 712. The predicted molar refractivity (Wildman–Crippen MR) is 89.2 cm³/mol. The van der Waals surface area contributed by atoms with Gasteiger partial charge in [-0.1, -0.05) is 35.3 Å². The van der Waals surface area contributed by atoms with Crippen LogP contribution in [0.4, 0.5) is 5.69 Å². The van der Waals surface area contributed by atoms with Crippen LogP contribution in [0.25, 0.3) is 0 Å². The average molecular weight is 353 g/mol. The number of carboxylic acids is 1. The van der Waals surface area contributed by atoms with Crippen LogP contribution in [0.15, 0.2) is 42.5 Å². The highest BCUT2D eigenvalue weighted by Gasteiger charge is 2.21. The molecule has 0 aliphatic rings. The minimum Gasteiger partial charge on any atom is -0.474 e. The Morgan fingerprint density at radius 3 is 2.00 bits per heavy atom. The Morgan fingerprint density at radius 1 is 0.957 bits per heavy atom. The highest BCUT2D eigenvalue weighted by atomic mass is 35.5. The van der Waals surface area contributed by atoms with E-state index >= 15 is 0 Å². The number of amides is 1. The molecule has 0 unspecified atom stereocenters. The molecule has 23 heavy (non-hydrogen) atoms. The number of halogens is 2.